The molecule has 2 atom stereocenters. The summed E-state index contributed by atoms with van der Waals surface area (Å²) in [5.41, 5.74) is 3.06. The van der Waals surface area contributed by atoms with Crippen LogP contribution in [-0.2, 0) is 11.2 Å². The van der Waals surface area contributed by atoms with Crippen molar-refractivity contribution in [1.82, 2.24) is 15.3 Å². The molecule has 0 radical (unpaired) electrons. The van der Waals surface area contributed by atoms with Crippen LogP contribution in [0.2, 0.25) is 0 Å². The highest BCUT2D eigenvalue weighted by molar-refractivity contribution is 5.79. The van der Waals surface area contributed by atoms with Gasteiger partial charge in [0.1, 0.15) is 17.7 Å². The first kappa shape index (κ1) is 17.2. The molecule has 0 aliphatic carbocycles. The second kappa shape index (κ2) is 7.53. The highest BCUT2D eigenvalue weighted by Gasteiger charge is 2.16. The molecule has 25 heavy (non-hydrogen) atoms. The third-order valence-corrected chi connectivity index (χ3v) is 4.21. The average Bonchev–Trinajstić information content (AvgIpc) is 3.23. The molecule has 2 heterocycles. The molecule has 3 aromatic rings. The van der Waals surface area contributed by atoms with Gasteiger partial charge in [0.05, 0.1) is 17.3 Å². The van der Waals surface area contributed by atoms with Crippen LogP contribution in [0, 0.1) is 6.92 Å². The van der Waals surface area contributed by atoms with Gasteiger partial charge in [0.15, 0.2) is 0 Å². The van der Waals surface area contributed by atoms with Gasteiger partial charge in [-0.3, -0.25) is 4.79 Å². The molecule has 3 N–H and O–H groups in total. The summed E-state index contributed by atoms with van der Waals surface area (Å²) < 4.78 is 5.17. The Kier molecular flexibility index (Phi) is 5.19. The van der Waals surface area contributed by atoms with Crippen LogP contribution in [0.5, 0.6) is 0 Å². The Hall–Kier alpha value is -2.60. The van der Waals surface area contributed by atoms with Crippen molar-refractivity contribution < 1.29 is 14.3 Å². The zero-order valence-corrected chi connectivity index (χ0v) is 14.5. The predicted molar refractivity (Wildman–Crippen MR) is 95.0 cm³/mol. The average molecular weight is 341 g/mol. The van der Waals surface area contributed by atoms with E-state index in [1.165, 1.54) is 6.26 Å². The Morgan fingerprint density at radius 2 is 2.20 bits per heavy atom. The first-order chi connectivity index (χ1) is 12.0. The number of aromatic nitrogens is 2. The number of H-pyrrole nitrogens is 1. The zero-order valence-electron chi connectivity index (χ0n) is 14.5. The molecule has 0 spiro atoms. The number of benzene rings is 1. The minimum absolute atomic E-state index is 0.0590. The number of hydrogen-bond acceptors (Lipinski definition) is 4. The van der Waals surface area contributed by atoms with E-state index in [1.54, 1.807) is 12.1 Å². The third-order valence-electron chi connectivity index (χ3n) is 4.21. The number of carbonyl (C=O) groups is 1. The van der Waals surface area contributed by atoms with Gasteiger partial charge in [0.2, 0.25) is 5.91 Å². The smallest absolute Gasteiger partial charge is 0.220 e. The van der Waals surface area contributed by atoms with E-state index in [9.17, 15) is 9.90 Å². The first-order valence-corrected chi connectivity index (χ1v) is 8.48. The van der Waals surface area contributed by atoms with Crippen molar-refractivity contribution in [2.75, 3.05) is 0 Å². The number of fused-ring (bicyclic) bond motifs is 1. The van der Waals surface area contributed by atoms with E-state index in [2.05, 4.69) is 15.3 Å². The van der Waals surface area contributed by atoms with E-state index in [-0.39, 0.29) is 11.9 Å². The first-order valence-electron chi connectivity index (χ1n) is 8.48. The predicted octanol–water partition coefficient (Wildman–Crippen LogP) is 3.03. The third kappa shape index (κ3) is 4.28. The maximum Gasteiger partial charge on any atom is 0.220 e. The number of furan rings is 1. The van der Waals surface area contributed by atoms with Crippen molar-refractivity contribution >= 4 is 16.9 Å². The van der Waals surface area contributed by atoms with Gasteiger partial charge in [0.25, 0.3) is 0 Å². The number of aliphatic hydroxyl groups excluding tert-OH is 1. The highest BCUT2D eigenvalue weighted by Crippen LogP contribution is 2.19. The van der Waals surface area contributed by atoms with Crippen LogP contribution in [0.25, 0.3) is 11.0 Å². The van der Waals surface area contributed by atoms with E-state index in [1.807, 2.05) is 32.0 Å². The molecule has 0 saturated heterocycles. The van der Waals surface area contributed by atoms with E-state index in [0.29, 0.717) is 25.0 Å². The number of imidazole rings is 1. The molecule has 6 heteroatoms. The maximum absolute atomic E-state index is 12.1. The molecule has 6 nitrogen and oxygen atoms in total. The summed E-state index contributed by atoms with van der Waals surface area (Å²) in [7, 11) is 0. The van der Waals surface area contributed by atoms with Gasteiger partial charge in [-0.1, -0.05) is 12.1 Å². The quantitative estimate of drug-likeness (QED) is 0.616. The minimum Gasteiger partial charge on any atom is -0.467 e. The van der Waals surface area contributed by atoms with E-state index in [0.717, 1.165) is 22.4 Å². The van der Waals surface area contributed by atoms with Crippen LogP contribution in [0.1, 0.15) is 43.0 Å². The number of aliphatic hydroxyl groups is 1. The molecule has 0 fully saturated rings. The number of nitrogens with one attached hydrogen (secondary N) is 2. The van der Waals surface area contributed by atoms with Gasteiger partial charge in [-0.25, -0.2) is 4.98 Å². The Balaban J connectivity index is 1.49. The van der Waals surface area contributed by atoms with Gasteiger partial charge >= 0.3 is 0 Å². The molecule has 1 aromatic carbocycles. The van der Waals surface area contributed by atoms with Crippen molar-refractivity contribution in [3.05, 3.63) is 53.7 Å². The van der Waals surface area contributed by atoms with E-state index < -0.39 is 6.10 Å². The number of aromatic amines is 1. The molecular formula is C19H23N3O3. The number of amides is 1. The Morgan fingerprint density at radius 3 is 2.92 bits per heavy atom. The van der Waals surface area contributed by atoms with E-state index in [4.69, 9.17) is 4.42 Å². The summed E-state index contributed by atoms with van der Waals surface area (Å²) in [5.74, 6) is 1.26. The lowest BCUT2D eigenvalue weighted by molar-refractivity contribution is -0.121. The lowest BCUT2D eigenvalue weighted by Crippen LogP contribution is -2.33. The van der Waals surface area contributed by atoms with Crippen molar-refractivity contribution in [1.29, 1.82) is 0 Å². The zero-order chi connectivity index (χ0) is 17.8. The van der Waals surface area contributed by atoms with Crippen LogP contribution in [0.3, 0.4) is 0 Å². The summed E-state index contributed by atoms with van der Waals surface area (Å²) in [4.78, 5) is 19.9. The molecule has 0 aliphatic rings. The van der Waals surface area contributed by atoms with Crippen molar-refractivity contribution in [3.63, 3.8) is 0 Å². The molecule has 2 unspecified atom stereocenters. The van der Waals surface area contributed by atoms with Crippen LogP contribution in [-0.4, -0.2) is 27.0 Å². The number of carbonyl (C=O) groups excluding carboxylic acids is 1. The normalized spacial score (nSPS) is 13.7. The fraction of sp³-hybridized carbons (Fsp3) is 0.368. The van der Waals surface area contributed by atoms with Gasteiger partial charge in [-0.15, -0.1) is 0 Å². The topological polar surface area (TPSA) is 91.2 Å². The summed E-state index contributed by atoms with van der Waals surface area (Å²) >= 11 is 0. The maximum atomic E-state index is 12.1. The van der Waals surface area contributed by atoms with Crippen molar-refractivity contribution in [2.45, 2.75) is 45.3 Å². The SMILES string of the molecule is Cc1cccc2[nH]c(CCC(=O)NC(C)CC(O)c3ccco3)nc12. The van der Waals surface area contributed by atoms with Gasteiger partial charge in [-0.2, -0.15) is 0 Å². The standard InChI is InChI=1S/C19H23N3O3/c1-12-5-3-6-14-19(12)22-17(21-14)8-9-18(24)20-13(2)11-15(23)16-7-4-10-25-16/h3-7,10,13,15,23H,8-9,11H2,1-2H3,(H,20,24)(H,21,22). The van der Waals surface area contributed by atoms with Crippen molar-refractivity contribution in [3.8, 4) is 0 Å². The number of hydrogen-bond donors (Lipinski definition) is 3. The molecule has 2 aromatic heterocycles. The summed E-state index contributed by atoms with van der Waals surface area (Å²) in [6, 6.07) is 9.30. The molecule has 0 bridgehead atoms. The van der Waals surface area contributed by atoms with Crippen LogP contribution in [0.4, 0.5) is 0 Å². The van der Waals surface area contributed by atoms with Gasteiger partial charge in [0, 0.05) is 25.3 Å². The molecular weight excluding hydrogens is 318 g/mol. The largest absolute Gasteiger partial charge is 0.467 e. The molecule has 3 rings (SSSR count). The highest BCUT2D eigenvalue weighted by atomic mass is 16.4. The number of para-hydroxylation sites is 1. The van der Waals surface area contributed by atoms with Crippen LogP contribution in [0.15, 0.2) is 41.0 Å². The lowest BCUT2D eigenvalue weighted by Gasteiger charge is -2.16. The fourth-order valence-corrected chi connectivity index (χ4v) is 2.91. The second-order valence-electron chi connectivity index (χ2n) is 6.39. The lowest BCUT2D eigenvalue weighted by atomic mass is 10.1. The molecule has 0 saturated carbocycles. The number of aryl methyl sites for hydroxylation is 2. The minimum atomic E-state index is -0.719. The Bertz CT molecular complexity index is 839. The van der Waals surface area contributed by atoms with Crippen LogP contribution < -0.4 is 5.32 Å². The Morgan fingerprint density at radius 1 is 1.36 bits per heavy atom. The molecule has 0 aliphatic heterocycles. The summed E-state index contributed by atoms with van der Waals surface area (Å²) in [6.45, 7) is 3.89. The number of rotatable bonds is 7. The second-order valence-corrected chi connectivity index (χ2v) is 6.39. The molecule has 132 valence electrons. The monoisotopic (exact) mass is 341 g/mol. The van der Waals surface area contributed by atoms with Gasteiger partial charge < -0.3 is 19.8 Å². The van der Waals surface area contributed by atoms with E-state index >= 15 is 0 Å². The van der Waals surface area contributed by atoms with Crippen LogP contribution >= 0.6 is 0 Å². The summed E-state index contributed by atoms with van der Waals surface area (Å²) in [6.07, 6.45) is 2.11. The fourth-order valence-electron chi connectivity index (χ4n) is 2.91. The Labute approximate surface area is 146 Å². The summed E-state index contributed by atoms with van der Waals surface area (Å²) in [5, 5.41) is 13.0. The van der Waals surface area contributed by atoms with Crippen molar-refractivity contribution in [2.24, 2.45) is 0 Å². The van der Waals surface area contributed by atoms with Gasteiger partial charge in [-0.05, 0) is 37.6 Å². The number of nitrogens with zero attached hydrogens (tertiary/aromatic N) is 1. The molecule has 1 amide bonds.